The van der Waals surface area contributed by atoms with Gasteiger partial charge in [0.15, 0.2) is 0 Å². The molecule has 2 aromatic carbocycles. The Hall–Kier alpha value is -1.43. The first-order chi connectivity index (χ1) is 8.01. The number of fused-ring (bicyclic) bond motifs is 1. The number of hydrogen-bond acceptors (Lipinski definition) is 3. The van der Waals surface area contributed by atoms with Crippen LogP contribution in [0.15, 0.2) is 36.4 Å². The SMILES string of the molecule is O=S(=O)(O)Cc1ccc(CO)c2ccccc12. The van der Waals surface area contributed by atoms with Crippen molar-refractivity contribution >= 4 is 20.9 Å². The van der Waals surface area contributed by atoms with Crippen molar-refractivity contribution in [2.75, 3.05) is 0 Å². The summed E-state index contributed by atoms with van der Waals surface area (Å²) in [5.41, 5.74) is 1.26. The molecule has 17 heavy (non-hydrogen) atoms. The van der Waals surface area contributed by atoms with Crippen LogP contribution in [0.25, 0.3) is 10.8 Å². The van der Waals surface area contributed by atoms with Gasteiger partial charge in [-0.25, -0.2) is 0 Å². The largest absolute Gasteiger partial charge is 0.392 e. The molecular formula is C12H12O4S. The maximum Gasteiger partial charge on any atom is 0.269 e. The minimum absolute atomic E-state index is 0.104. The fourth-order valence-electron chi connectivity index (χ4n) is 1.88. The van der Waals surface area contributed by atoms with Gasteiger partial charge < -0.3 is 5.11 Å². The Balaban J connectivity index is 2.67. The summed E-state index contributed by atoms with van der Waals surface area (Å²) < 4.78 is 30.7. The van der Waals surface area contributed by atoms with Crippen LogP contribution >= 0.6 is 0 Å². The van der Waals surface area contributed by atoms with Crippen molar-refractivity contribution in [3.8, 4) is 0 Å². The van der Waals surface area contributed by atoms with E-state index in [-0.39, 0.29) is 6.61 Å². The minimum atomic E-state index is -4.05. The molecule has 2 rings (SSSR count). The van der Waals surface area contributed by atoms with Crippen LogP contribution in [0.4, 0.5) is 0 Å². The van der Waals surface area contributed by atoms with E-state index in [9.17, 15) is 13.5 Å². The highest BCUT2D eigenvalue weighted by Crippen LogP contribution is 2.24. The second-order valence-electron chi connectivity index (χ2n) is 3.81. The van der Waals surface area contributed by atoms with Crippen LogP contribution in [0.3, 0.4) is 0 Å². The third kappa shape index (κ3) is 2.63. The average molecular weight is 252 g/mol. The quantitative estimate of drug-likeness (QED) is 0.816. The Bertz CT molecular complexity index is 647. The van der Waals surface area contributed by atoms with E-state index in [0.717, 1.165) is 16.3 Å². The van der Waals surface area contributed by atoms with Gasteiger partial charge in [0.2, 0.25) is 0 Å². The van der Waals surface area contributed by atoms with Crippen molar-refractivity contribution in [2.45, 2.75) is 12.4 Å². The van der Waals surface area contributed by atoms with Gasteiger partial charge in [-0.3, -0.25) is 4.55 Å². The van der Waals surface area contributed by atoms with Crippen molar-refractivity contribution < 1.29 is 18.1 Å². The molecule has 0 bridgehead atoms. The number of benzene rings is 2. The topological polar surface area (TPSA) is 74.6 Å². The molecule has 0 radical (unpaired) electrons. The summed E-state index contributed by atoms with van der Waals surface area (Å²) in [6, 6.07) is 10.5. The monoisotopic (exact) mass is 252 g/mol. The fourth-order valence-corrected chi connectivity index (χ4v) is 2.53. The van der Waals surface area contributed by atoms with Crippen molar-refractivity contribution in [3.05, 3.63) is 47.5 Å². The third-order valence-electron chi connectivity index (χ3n) is 2.61. The number of hydrogen-bond donors (Lipinski definition) is 2. The van der Waals surface area contributed by atoms with Gasteiger partial charge in [-0.2, -0.15) is 8.42 Å². The predicted molar refractivity (Wildman–Crippen MR) is 65.1 cm³/mol. The van der Waals surface area contributed by atoms with Crippen molar-refractivity contribution in [3.63, 3.8) is 0 Å². The molecule has 0 aliphatic carbocycles. The summed E-state index contributed by atoms with van der Waals surface area (Å²) in [5, 5.41) is 10.7. The van der Waals surface area contributed by atoms with Crippen LogP contribution in [-0.4, -0.2) is 18.1 Å². The molecule has 0 aromatic heterocycles. The highest BCUT2D eigenvalue weighted by molar-refractivity contribution is 7.85. The highest BCUT2D eigenvalue weighted by atomic mass is 32.2. The molecule has 0 saturated carbocycles. The van der Waals surface area contributed by atoms with E-state index in [1.165, 1.54) is 0 Å². The van der Waals surface area contributed by atoms with E-state index in [0.29, 0.717) is 5.56 Å². The second-order valence-corrected chi connectivity index (χ2v) is 5.27. The Kier molecular flexibility index (Phi) is 3.15. The Labute approximate surface area is 99.3 Å². The zero-order chi connectivity index (χ0) is 12.5. The molecule has 0 saturated heterocycles. The lowest BCUT2D eigenvalue weighted by atomic mass is 10.0. The van der Waals surface area contributed by atoms with E-state index in [2.05, 4.69) is 0 Å². The van der Waals surface area contributed by atoms with Crippen molar-refractivity contribution in [2.24, 2.45) is 0 Å². The molecule has 0 unspecified atom stereocenters. The van der Waals surface area contributed by atoms with Gasteiger partial charge in [0.25, 0.3) is 10.1 Å². The van der Waals surface area contributed by atoms with Gasteiger partial charge >= 0.3 is 0 Å². The van der Waals surface area contributed by atoms with Gasteiger partial charge in [-0.1, -0.05) is 36.4 Å². The number of rotatable bonds is 3. The molecule has 0 heterocycles. The summed E-state index contributed by atoms with van der Waals surface area (Å²) >= 11 is 0. The zero-order valence-corrected chi connectivity index (χ0v) is 9.81. The summed E-state index contributed by atoms with van der Waals surface area (Å²) in [6.07, 6.45) is 0. The number of aliphatic hydroxyl groups excluding tert-OH is 1. The summed E-state index contributed by atoms with van der Waals surface area (Å²) in [4.78, 5) is 0. The van der Waals surface area contributed by atoms with Crippen LogP contribution in [0.1, 0.15) is 11.1 Å². The van der Waals surface area contributed by atoms with Gasteiger partial charge in [0.05, 0.1) is 6.61 Å². The molecule has 90 valence electrons. The standard InChI is InChI=1S/C12H12O4S/c13-7-9-5-6-10(8-17(14,15)16)12-4-2-1-3-11(9)12/h1-6,13H,7-8H2,(H,14,15,16). The van der Waals surface area contributed by atoms with Gasteiger partial charge in [0.1, 0.15) is 5.75 Å². The van der Waals surface area contributed by atoms with Crippen molar-refractivity contribution in [1.29, 1.82) is 0 Å². The van der Waals surface area contributed by atoms with Gasteiger partial charge in [-0.05, 0) is 21.9 Å². The van der Waals surface area contributed by atoms with Gasteiger partial charge in [0, 0.05) is 0 Å². The van der Waals surface area contributed by atoms with Crippen LogP contribution in [0.5, 0.6) is 0 Å². The maximum absolute atomic E-state index is 10.9. The lowest BCUT2D eigenvalue weighted by Gasteiger charge is -2.08. The predicted octanol–water partition coefficient (Wildman–Crippen LogP) is 1.72. The first-order valence-corrected chi connectivity index (χ1v) is 6.68. The van der Waals surface area contributed by atoms with E-state index in [4.69, 9.17) is 4.55 Å². The van der Waals surface area contributed by atoms with Crippen LogP contribution in [-0.2, 0) is 22.5 Å². The van der Waals surface area contributed by atoms with E-state index in [1.54, 1.807) is 24.3 Å². The summed E-state index contributed by atoms with van der Waals surface area (Å²) in [5.74, 6) is -0.417. The molecular weight excluding hydrogens is 240 g/mol. The van der Waals surface area contributed by atoms with E-state index in [1.807, 2.05) is 12.1 Å². The fraction of sp³-hybridized carbons (Fsp3) is 0.167. The third-order valence-corrected chi connectivity index (χ3v) is 3.29. The molecule has 0 aliphatic heterocycles. The smallest absolute Gasteiger partial charge is 0.269 e. The molecule has 0 spiro atoms. The van der Waals surface area contributed by atoms with Crippen LogP contribution in [0, 0.1) is 0 Å². The lowest BCUT2D eigenvalue weighted by Crippen LogP contribution is -2.02. The summed E-state index contributed by atoms with van der Waals surface area (Å²) in [7, 11) is -4.05. The first-order valence-electron chi connectivity index (χ1n) is 5.07. The van der Waals surface area contributed by atoms with E-state index >= 15 is 0 Å². The second kappa shape index (κ2) is 4.44. The minimum Gasteiger partial charge on any atom is -0.392 e. The molecule has 0 aliphatic rings. The van der Waals surface area contributed by atoms with Gasteiger partial charge in [-0.15, -0.1) is 0 Å². The Morgan fingerprint density at radius 2 is 1.47 bits per heavy atom. The molecule has 4 nitrogen and oxygen atoms in total. The van der Waals surface area contributed by atoms with Crippen molar-refractivity contribution in [1.82, 2.24) is 0 Å². The molecule has 0 fully saturated rings. The maximum atomic E-state index is 10.9. The molecule has 2 aromatic rings. The summed E-state index contributed by atoms with van der Waals surface area (Å²) in [6.45, 7) is -0.104. The number of aliphatic hydroxyl groups is 1. The molecule has 0 atom stereocenters. The molecule has 5 heteroatoms. The Morgan fingerprint density at radius 1 is 0.941 bits per heavy atom. The lowest BCUT2D eigenvalue weighted by molar-refractivity contribution is 0.283. The van der Waals surface area contributed by atoms with Crippen LogP contribution in [0.2, 0.25) is 0 Å². The zero-order valence-electron chi connectivity index (χ0n) is 9.00. The first kappa shape index (κ1) is 12.0. The van der Waals surface area contributed by atoms with E-state index < -0.39 is 15.9 Å². The highest BCUT2D eigenvalue weighted by Gasteiger charge is 2.11. The molecule has 2 N–H and O–H groups in total. The average Bonchev–Trinajstić information content (AvgIpc) is 2.28. The van der Waals surface area contributed by atoms with Crippen LogP contribution < -0.4 is 0 Å². The normalized spacial score (nSPS) is 11.9. The molecule has 0 amide bonds. The Morgan fingerprint density at radius 3 is 2.00 bits per heavy atom.